The summed E-state index contributed by atoms with van der Waals surface area (Å²) >= 11 is 0. The van der Waals surface area contributed by atoms with Gasteiger partial charge in [-0.25, -0.2) is 23.7 Å². The number of piperazine rings is 1. The summed E-state index contributed by atoms with van der Waals surface area (Å²) in [6.07, 6.45) is 6.08. The molecule has 1 aliphatic carbocycles. The molecule has 1 saturated carbocycles. The Balaban J connectivity index is 1.01. The number of alkyl halides is 2. The van der Waals surface area contributed by atoms with Gasteiger partial charge in [0.05, 0.1) is 16.7 Å². The first-order valence-electron chi connectivity index (χ1n) is 15.1. The van der Waals surface area contributed by atoms with Crippen molar-refractivity contribution in [2.75, 3.05) is 44.2 Å². The second-order valence-corrected chi connectivity index (χ2v) is 12.3. The Bertz CT molecular complexity index is 1660. The predicted molar refractivity (Wildman–Crippen MR) is 160 cm³/mol. The number of fused-ring (bicyclic) bond motifs is 1. The quantitative estimate of drug-likeness (QED) is 0.331. The monoisotopic (exact) mass is 586 g/mol. The molecule has 11 heteroatoms. The fourth-order valence-corrected chi connectivity index (χ4v) is 6.46. The van der Waals surface area contributed by atoms with E-state index in [0.717, 1.165) is 58.3 Å². The van der Waals surface area contributed by atoms with E-state index in [2.05, 4.69) is 54.9 Å². The Morgan fingerprint density at radius 3 is 2.51 bits per heavy atom. The highest BCUT2D eigenvalue weighted by Crippen LogP contribution is 2.61. The van der Waals surface area contributed by atoms with Gasteiger partial charge in [0.1, 0.15) is 23.4 Å². The molecule has 1 aromatic carbocycles. The average molecular weight is 587 g/mol. The normalized spacial score (nSPS) is 22.7. The largest absolute Gasteiger partial charge is 0.357 e. The minimum atomic E-state index is -2.88. The van der Waals surface area contributed by atoms with Crippen molar-refractivity contribution in [2.45, 2.75) is 51.5 Å². The number of imidazole rings is 1. The molecular weight excluding hydrogens is 550 g/mol. The average Bonchev–Trinajstić information content (AvgIpc) is 3.44. The van der Waals surface area contributed by atoms with E-state index in [-0.39, 0.29) is 12.5 Å². The lowest BCUT2D eigenvalue weighted by Gasteiger charge is -2.39. The van der Waals surface area contributed by atoms with Crippen LogP contribution in [0.5, 0.6) is 0 Å². The number of carbonyl (C=O) groups excluding carboxylic acids is 1. The van der Waals surface area contributed by atoms with Gasteiger partial charge in [-0.15, -0.1) is 0 Å². The van der Waals surface area contributed by atoms with Gasteiger partial charge in [0.25, 0.3) is 5.92 Å². The number of nitrogens with one attached hydrogen (secondary N) is 1. The summed E-state index contributed by atoms with van der Waals surface area (Å²) in [6.45, 7) is 7.80. The number of aromatic amines is 1. The van der Waals surface area contributed by atoms with Crippen LogP contribution in [0.2, 0.25) is 0 Å². The van der Waals surface area contributed by atoms with Gasteiger partial charge in [0.2, 0.25) is 5.91 Å². The third-order valence-corrected chi connectivity index (χ3v) is 9.46. The van der Waals surface area contributed by atoms with E-state index in [0.29, 0.717) is 32.6 Å². The molecule has 0 radical (unpaired) electrons. The van der Waals surface area contributed by atoms with E-state index in [9.17, 15) is 13.6 Å². The van der Waals surface area contributed by atoms with Gasteiger partial charge < -0.3 is 14.8 Å². The first kappa shape index (κ1) is 27.8. The van der Waals surface area contributed by atoms with Crippen LogP contribution in [0.3, 0.4) is 0 Å². The van der Waals surface area contributed by atoms with Crippen LogP contribution in [-0.4, -0.2) is 85.8 Å². The molecular formula is C32H36F2N8O. The second-order valence-electron chi connectivity index (χ2n) is 12.3. The summed E-state index contributed by atoms with van der Waals surface area (Å²) < 4.78 is 27.5. The number of aromatic nitrogens is 5. The molecule has 2 atom stereocenters. The maximum absolute atomic E-state index is 13.7. The highest BCUT2D eigenvalue weighted by molar-refractivity contribution is 5.87. The van der Waals surface area contributed by atoms with Gasteiger partial charge in [0, 0.05) is 81.7 Å². The summed E-state index contributed by atoms with van der Waals surface area (Å²) in [5, 5.41) is 0. The zero-order chi connectivity index (χ0) is 29.8. The summed E-state index contributed by atoms with van der Waals surface area (Å²) in [6, 6.07) is 12.4. The Morgan fingerprint density at radius 1 is 1.00 bits per heavy atom. The number of carbonyl (C=O) groups is 1. The number of H-pyrrole nitrogens is 1. The van der Waals surface area contributed by atoms with Gasteiger partial charge in [-0.3, -0.25) is 14.7 Å². The maximum atomic E-state index is 13.7. The van der Waals surface area contributed by atoms with Crippen molar-refractivity contribution in [1.82, 2.24) is 34.7 Å². The number of halogens is 2. The van der Waals surface area contributed by atoms with E-state index < -0.39 is 17.2 Å². The number of pyridine rings is 1. The topological polar surface area (TPSA) is 94.1 Å². The van der Waals surface area contributed by atoms with Gasteiger partial charge in [-0.1, -0.05) is 6.07 Å². The molecule has 0 spiro atoms. The highest BCUT2D eigenvalue weighted by atomic mass is 19.3. The second kappa shape index (κ2) is 10.6. The minimum Gasteiger partial charge on any atom is -0.357 e. The molecule has 1 amide bonds. The number of anilines is 1. The number of nitrogens with zero attached hydrogens (tertiary/aromatic N) is 7. The van der Waals surface area contributed by atoms with Crippen LogP contribution in [0.4, 0.5) is 14.6 Å². The van der Waals surface area contributed by atoms with Crippen molar-refractivity contribution in [2.24, 2.45) is 5.41 Å². The number of hydrogen-bond donors (Lipinski definition) is 1. The summed E-state index contributed by atoms with van der Waals surface area (Å²) in [5.41, 5.74) is 4.26. The summed E-state index contributed by atoms with van der Waals surface area (Å²) in [7, 11) is 0. The standard InChI is InChI=1S/C32H36F2N8O/c1-21(40-11-13-42(14-12-40)30(43)31(2)19-32(31,33)34)22-7-8-35-24(15-22)17-28-38-25-6-5-23(16-27(25)39-28)26-18-29(37-20-36-26)41-9-3-4-10-41/h5-8,15-16,18,20-21H,3-4,9-14,17,19H2,1-2H3,(H,38,39). The molecule has 0 bridgehead atoms. The van der Waals surface area contributed by atoms with Crippen LogP contribution in [0.1, 0.15) is 56.2 Å². The molecule has 5 heterocycles. The molecule has 2 saturated heterocycles. The van der Waals surface area contributed by atoms with Gasteiger partial charge >= 0.3 is 0 Å². The Morgan fingerprint density at radius 2 is 1.77 bits per heavy atom. The molecule has 2 unspecified atom stereocenters. The minimum absolute atomic E-state index is 0.105. The number of benzene rings is 1. The van der Waals surface area contributed by atoms with Gasteiger partial charge in [0.15, 0.2) is 0 Å². The summed E-state index contributed by atoms with van der Waals surface area (Å²) in [5.74, 6) is -1.49. The SMILES string of the molecule is CC(c1ccnc(Cc2nc3ccc(-c4cc(N5CCCC5)ncn4)cc3[nH]2)c1)N1CCN(C(=O)C2(C)CC2(F)F)CC1. The number of amides is 1. The van der Waals surface area contributed by atoms with Gasteiger partial charge in [-0.05, 0) is 56.5 Å². The van der Waals surface area contributed by atoms with Crippen molar-refractivity contribution in [3.63, 3.8) is 0 Å². The predicted octanol–water partition coefficient (Wildman–Crippen LogP) is 4.86. The van der Waals surface area contributed by atoms with Crippen LogP contribution in [0.25, 0.3) is 22.3 Å². The third kappa shape index (κ3) is 5.24. The maximum Gasteiger partial charge on any atom is 0.263 e. The number of hydrogen-bond acceptors (Lipinski definition) is 7. The zero-order valence-corrected chi connectivity index (χ0v) is 24.6. The van der Waals surface area contributed by atoms with Crippen LogP contribution < -0.4 is 4.90 Å². The first-order valence-corrected chi connectivity index (χ1v) is 15.1. The van der Waals surface area contributed by atoms with Crippen molar-refractivity contribution in [3.05, 3.63) is 66.0 Å². The molecule has 3 aromatic heterocycles. The van der Waals surface area contributed by atoms with E-state index >= 15 is 0 Å². The Labute approximate surface area is 249 Å². The Kier molecular flexibility index (Phi) is 6.87. The van der Waals surface area contributed by atoms with Gasteiger partial charge in [-0.2, -0.15) is 0 Å². The van der Waals surface area contributed by atoms with Crippen molar-refractivity contribution in [3.8, 4) is 11.3 Å². The molecule has 9 nitrogen and oxygen atoms in total. The van der Waals surface area contributed by atoms with Crippen molar-refractivity contribution in [1.29, 1.82) is 0 Å². The van der Waals surface area contributed by atoms with Crippen molar-refractivity contribution < 1.29 is 13.6 Å². The zero-order valence-electron chi connectivity index (χ0n) is 24.6. The van der Waals surface area contributed by atoms with Crippen LogP contribution in [0, 0.1) is 5.41 Å². The number of rotatable bonds is 7. The molecule has 7 rings (SSSR count). The molecule has 224 valence electrons. The van der Waals surface area contributed by atoms with E-state index in [1.54, 1.807) is 11.2 Å². The fourth-order valence-electron chi connectivity index (χ4n) is 6.46. The fraction of sp³-hybridized carbons (Fsp3) is 0.469. The van der Waals surface area contributed by atoms with Crippen molar-refractivity contribution >= 4 is 22.8 Å². The van der Waals surface area contributed by atoms with Crippen LogP contribution in [0.15, 0.2) is 48.9 Å². The smallest absolute Gasteiger partial charge is 0.263 e. The summed E-state index contributed by atoms with van der Waals surface area (Å²) in [4.78, 5) is 40.8. The molecule has 4 aromatic rings. The molecule has 43 heavy (non-hydrogen) atoms. The molecule has 3 fully saturated rings. The van der Waals surface area contributed by atoms with Crippen LogP contribution >= 0.6 is 0 Å². The molecule has 1 N–H and O–H groups in total. The Hall–Kier alpha value is -3.99. The third-order valence-electron chi connectivity index (χ3n) is 9.46. The van der Waals surface area contributed by atoms with E-state index in [1.807, 2.05) is 24.4 Å². The van der Waals surface area contributed by atoms with E-state index in [4.69, 9.17) is 4.98 Å². The lowest BCUT2D eigenvalue weighted by Crippen LogP contribution is -2.51. The lowest BCUT2D eigenvalue weighted by molar-refractivity contribution is -0.142. The van der Waals surface area contributed by atoms with E-state index in [1.165, 1.54) is 19.8 Å². The highest BCUT2D eigenvalue weighted by Gasteiger charge is 2.73. The molecule has 2 aliphatic heterocycles. The first-order chi connectivity index (χ1) is 20.7. The molecule has 3 aliphatic rings. The van der Waals surface area contributed by atoms with Crippen LogP contribution in [-0.2, 0) is 11.2 Å². The lowest BCUT2D eigenvalue weighted by atomic mass is 10.0.